The van der Waals surface area contributed by atoms with Crippen molar-refractivity contribution in [3.05, 3.63) is 65.2 Å². The Kier molecular flexibility index (Phi) is 10.1. The van der Waals surface area contributed by atoms with Crippen molar-refractivity contribution in [3.8, 4) is 0 Å². The molecule has 0 saturated carbocycles. The Balaban J connectivity index is 1.75. The van der Waals surface area contributed by atoms with E-state index in [0.717, 1.165) is 22.4 Å². The fraction of sp³-hybridized carbons (Fsp3) is 0.462. The zero-order valence-corrected chi connectivity index (χ0v) is 21.0. The summed E-state index contributed by atoms with van der Waals surface area (Å²) in [5.41, 5.74) is 3.20. The third-order valence-corrected chi connectivity index (χ3v) is 6.84. The number of aliphatic hydroxyl groups excluding tert-OH is 2. The van der Waals surface area contributed by atoms with Crippen LogP contribution in [0.15, 0.2) is 48.5 Å². The molecule has 5 atom stereocenters. The third kappa shape index (κ3) is 7.52. The van der Waals surface area contributed by atoms with Gasteiger partial charge < -0.3 is 29.7 Å². The molecular formula is C26H33NO7S. The number of carbonyl (C=O) groups is 2. The third-order valence-electron chi connectivity index (χ3n) is 5.80. The lowest BCUT2D eigenvalue weighted by molar-refractivity contribution is -0.268. The van der Waals surface area contributed by atoms with Crippen molar-refractivity contribution in [1.82, 2.24) is 0 Å². The van der Waals surface area contributed by atoms with Crippen LogP contribution in [0.1, 0.15) is 49.9 Å². The molecule has 3 N–H and O–H groups in total. The smallest absolute Gasteiger partial charge is 0.303 e. The molecule has 35 heavy (non-hydrogen) atoms. The number of benzene rings is 2. The first-order chi connectivity index (χ1) is 16.8. The highest BCUT2D eigenvalue weighted by Gasteiger charge is 2.38. The number of anilines is 1. The Hall–Kier alpha value is -2.43. The summed E-state index contributed by atoms with van der Waals surface area (Å²) in [5, 5.41) is 21.3. The van der Waals surface area contributed by atoms with E-state index < -0.39 is 24.3 Å². The highest BCUT2D eigenvalue weighted by atomic mass is 32.2. The zero-order valence-electron chi connectivity index (χ0n) is 20.2. The van der Waals surface area contributed by atoms with Crippen molar-refractivity contribution in [1.29, 1.82) is 0 Å². The average Bonchev–Trinajstić information content (AvgIpc) is 2.85. The predicted molar refractivity (Wildman–Crippen MR) is 134 cm³/mol. The van der Waals surface area contributed by atoms with Gasteiger partial charge in [-0.15, -0.1) is 0 Å². The molecule has 9 heteroatoms. The Morgan fingerprint density at radius 3 is 2.31 bits per heavy atom. The van der Waals surface area contributed by atoms with Gasteiger partial charge in [-0.1, -0.05) is 43.3 Å². The van der Waals surface area contributed by atoms with Gasteiger partial charge >= 0.3 is 5.97 Å². The van der Waals surface area contributed by atoms with E-state index in [1.54, 1.807) is 23.9 Å². The van der Waals surface area contributed by atoms with E-state index in [9.17, 15) is 19.8 Å². The van der Waals surface area contributed by atoms with Crippen LogP contribution in [-0.4, -0.2) is 52.4 Å². The van der Waals surface area contributed by atoms with Crippen molar-refractivity contribution < 1.29 is 34.0 Å². The molecule has 1 saturated heterocycles. The number of esters is 1. The van der Waals surface area contributed by atoms with E-state index in [1.807, 2.05) is 36.4 Å². The van der Waals surface area contributed by atoms with Crippen LogP contribution in [0.4, 0.5) is 5.69 Å². The minimum absolute atomic E-state index is 0.0178. The van der Waals surface area contributed by atoms with Gasteiger partial charge in [-0.25, -0.2) is 0 Å². The predicted octanol–water partition coefficient (Wildman–Crippen LogP) is 3.59. The van der Waals surface area contributed by atoms with Gasteiger partial charge in [0.25, 0.3) is 5.91 Å². The SMILES string of the molecule is CC(=O)O[C@@H](C)C(=O)Nc1ccc([C@@H]2O[C@H](CSCCO)[C@H](C)[C@H](c3ccc(CO)cc3)O2)cc1. The van der Waals surface area contributed by atoms with E-state index in [0.29, 0.717) is 11.4 Å². The largest absolute Gasteiger partial charge is 0.453 e. The summed E-state index contributed by atoms with van der Waals surface area (Å²) in [7, 11) is 0. The summed E-state index contributed by atoms with van der Waals surface area (Å²) < 4.78 is 17.6. The first kappa shape index (κ1) is 27.2. The van der Waals surface area contributed by atoms with Gasteiger partial charge in [0.1, 0.15) is 0 Å². The standard InChI is InChI=1S/C26H33NO7S/c1-16-23(15-35-13-12-28)33-26(34-24(16)20-6-4-19(14-29)5-7-20)21-8-10-22(11-9-21)27-25(31)17(2)32-18(3)30/h4-11,16-17,23-24,26,28-29H,12-15H2,1-3H3,(H,27,31)/t16-,17-,23+,24+,26+/m0/s1. The Morgan fingerprint density at radius 2 is 1.71 bits per heavy atom. The maximum absolute atomic E-state index is 12.2. The van der Waals surface area contributed by atoms with Gasteiger partial charge in [-0.2, -0.15) is 11.8 Å². The molecule has 1 aliphatic heterocycles. The van der Waals surface area contributed by atoms with Crippen LogP contribution in [0.5, 0.6) is 0 Å². The van der Waals surface area contributed by atoms with Crippen LogP contribution in [0, 0.1) is 5.92 Å². The van der Waals surface area contributed by atoms with Crippen molar-refractivity contribution in [2.75, 3.05) is 23.4 Å². The highest BCUT2D eigenvalue weighted by molar-refractivity contribution is 7.99. The van der Waals surface area contributed by atoms with Crippen LogP contribution in [0.25, 0.3) is 0 Å². The molecule has 2 aromatic carbocycles. The molecule has 1 heterocycles. The lowest BCUT2D eigenvalue weighted by Gasteiger charge is -2.41. The second-order valence-corrected chi connectivity index (χ2v) is 9.63. The molecule has 0 radical (unpaired) electrons. The van der Waals surface area contributed by atoms with Gasteiger partial charge in [0.15, 0.2) is 12.4 Å². The van der Waals surface area contributed by atoms with E-state index in [2.05, 4.69) is 12.2 Å². The molecule has 190 valence electrons. The van der Waals surface area contributed by atoms with Crippen LogP contribution in [0.2, 0.25) is 0 Å². The van der Waals surface area contributed by atoms with Gasteiger partial charge in [0.05, 0.1) is 25.4 Å². The molecule has 1 fully saturated rings. The van der Waals surface area contributed by atoms with Crippen LogP contribution < -0.4 is 5.32 Å². The molecule has 0 aliphatic carbocycles. The summed E-state index contributed by atoms with van der Waals surface area (Å²) in [6, 6.07) is 14.9. The molecule has 0 unspecified atom stereocenters. The molecule has 2 aromatic rings. The number of amides is 1. The summed E-state index contributed by atoms with van der Waals surface area (Å²) >= 11 is 1.63. The number of aliphatic hydroxyl groups is 2. The molecule has 8 nitrogen and oxygen atoms in total. The van der Waals surface area contributed by atoms with E-state index in [4.69, 9.17) is 14.2 Å². The number of nitrogens with one attached hydrogen (secondary N) is 1. The van der Waals surface area contributed by atoms with Crippen molar-refractivity contribution in [2.45, 2.75) is 52.0 Å². The minimum atomic E-state index is -0.895. The summed E-state index contributed by atoms with van der Waals surface area (Å²) in [5.74, 6) is 0.484. The van der Waals surface area contributed by atoms with Crippen molar-refractivity contribution in [3.63, 3.8) is 0 Å². The number of hydrogen-bond donors (Lipinski definition) is 3. The maximum Gasteiger partial charge on any atom is 0.303 e. The van der Waals surface area contributed by atoms with E-state index in [1.165, 1.54) is 13.8 Å². The lowest BCUT2D eigenvalue weighted by atomic mass is 9.91. The first-order valence-corrected chi connectivity index (χ1v) is 12.7. The van der Waals surface area contributed by atoms with Gasteiger partial charge in [0.2, 0.25) is 0 Å². The Morgan fingerprint density at radius 1 is 1.06 bits per heavy atom. The van der Waals surface area contributed by atoms with Gasteiger partial charge in [-0.05, 0) is 30.2 Å². The van der Waals surface area contributed by atoms with Gasteiger partial charge in [-0.3, -0.25) is 9.59 Å². The van der Waals surface area contributed by atoms with Crippen molar-refractivity contribution >= 4 is 29.3 Å². The number of hydrogen-bond acceptors (Lipinski definition) is 8. The van der Waals surface area contributed by atoms with E-state index >= 15 is 0 Å². The fourth-order valence-corrected chi connectivity index (χ4v) is 4.75. The van der Waals surface area contributed by atoms with Crippen LogP contribution in [0.3, 0.4) is 0 Å². The second-order valence-electron chi connectivity index (χ2n) is 8.48. The first-order valence-electron chi connectivity index (χ1n) is 11.6. The monoisotopic (exact) mass is 503 g/mol. The highest BCUT2D eigenvalue weighted by Crippen LogP contribution is 2.42. The summed E-state index contributed by atoms with van der Waals surface area (Å²) in [6.07, 6.45) is -1.83. The molecule has 0 spiro atoms. The molecule has 1 amide bonds. The second kappa shape index (κ2) is 13.0. The summed E-state index contributed by atoms with van der Waals surface area (Å²) in [4.78, 5) is 23.3. The minimum Gasteiger partial charge on any atom is -0.453 e. The number of carbonyl (C=O) groups excluding carboxylic acids is 2. The number of ether oxygens (including phenoxy) is 3. The molecule has 1 aliphatic rings. The fourth-order valence-electron chi connectivity index (χ4n) is 3.84. The van der Waals surface area contributed by atoms with Crippen LogP contribution in [-0.2, 0) is 30.4 Å². The average molecular weight is 504 g/mol. The molecule has 3 rings (SSSR count). The van der Waals surface area contributed by atoms with E-state index in [-0.39, 0.29) is 31.3 Å². The molecule has 0 aromatic heterocycles. The topological polar surface area (TPSA) is 114 Å². The van der Waals surface area contributed by atoms with Crippen molar-refractivity contribution in [2.24, 2.45) is 5.92 Å². The maximum atomic E-state index is 12.2. The number of thioether (sulfide) groups is 1. The number of rotatable bonds is 10. The summed E-state index contributed by atoms with van der Waals surface area (Å²) in [6.45, 7) is 4.95. The lowest BCUT2D eigenvalue weighted by Crippen LogP contribution is -2.38. The van der Waals surface area contributed by atoms with Gasteiger partial charge in [0, 0.05) is 35.6 Å². The normalized spacial score (nSPS) is 22.9. The quantitative estimate of drug-likeness (QED) is 0.333. The Bertz CT molecular complexity index is 967. The Labute approximate surface area is 210 Å². The van der Waals surface area contributed by atoms with Crippen LogP contribution >= 0.6 is 11.8 Å². The molecule has 0 bridgehead atoms. The molecular weight excluding hydrogens is 470 g/mol. The zero-order chi connectivity index (χ0) is 25.4.